The number of esters is 2. The lowest BCUT2D eigenvalue weighted by Gasteiger charge is -2.08. The second-order valence-corrected chi connectivity index (χ2v) is 4.43. The molecule has 0 saturated heterocycles. The Balaban J connectivity index is 2.40. The van der Waals surface area contributed by atoms with Crippen molar-refractivity contribution in [1.82, 2.24) is 15.1 Å². The second kappa shape index (κ2) is 9.12. The Morgan fingerprint density at radius 2 is 2.00 bits per heavy atom. The van der Waals surface area contributed by atoms with Crippen molar-refractivity contribution in [2.24, 2.45) is 7.05 Å². The molecule has 7 heteroatoms. The van der Waals surface area contributed by atoms with E-state index in [2.05, 4.69) is 10.4 Å². The number of nitrogens with one attached hydrogen (secondary N) is 1. The van der Waals surface area contributed by atoms with E-state index in [4.69, 9.17) is 9.47 Å². The molecule has 0 aliphatic carbocycles. The van der Waals surface area contributed by atoms with Gasteiger partial charge in [-0.05, 0) is 26.8 Å². The first-order valence-electron chi connectivity index (χ1n) is 7.14. The van der Waals surface area contributed by atoms with Crippen LogP contribution in [-0.4, -0.2) is 41.5 Å². The van der Waals surface area contributed by atoms with Crippen molar-refractivity contribution < 1.29 is 19.1 Å². The fraction of sp³-hybridized carbons (Fsp3) is 0.643. The predicted octanol–water partition coefficient (Wildman–Crippen LogP) is 1.03. The van der Waals surface area contributed by atoms with Crippen LogP contribution in [0.1, 0.15) is 42.7 Å². The maximum Gasteiger partial charge on any atom is 0.341 e. The molecular formula is C14H23N3O4. The lowest BCUT2D eigenvalue weighted by molar-refractivity contribution is -0.143. The van der Waals surface area contributed by atoms with Gasteiger partial charge in [0.1, 0.15) is 5.56 Å². The van der Waals surface area contributed by atoms with E-state index in [9.17, 15) is 9.59 Å². The Morgan fingerprint density at radius 1 is 1.29 bits per heavy atom. The van der Waals surface area contributed by atoms with Crippen LogP contribution >= 0.6 is 0 Å². The van der Waals surface area contributed by atoms with Crippen molar-refractivity contribution in [2.75, 3.05) is 19.8 Å². The fourth-order valence-corrected chi connectivity index (χ4v) is 1.85. The number of carbonyl (C=O) groups excluding carboxylic acids is 2. The third kappa shape index (κ3) is 5.55. The van der Waals surface area contributed by atoms with Gasteiger partial charge in [0, 0.05) is 20.0 Å². The SMILES string of the molecule is CCOC(=O)CCCNCc1c(C(=O)OCC)cnn1C. The van der Waals surface area contributed by atoms with Crippen LogP contribution in [0.15, 0.2) is 6.20 Å². The second-order valence-electron chi connectivity index (χ2n) is 4.43. The summed E-state index contributed by atoms with van der Waals surface area (Å²) in [4.78, 5) is 22.9. The largest absolute Gasteiger partial charge is 0.466 e. The van der Waals surface area contributed by atoms with E-state index in [1.54, 1.807) is 25.6 Å². The highest BCUT2D eigenvalue weighted by atomic mass is 16.5. The first-order valence-corrected chi connectivity index (χ1v) is 7.14. The van der Waals surface area contributed by atoms with Crippen molar-refractivity contribution in [1.29, 1.82) is 0 Å². The molecule has 1 heterocycles. The molecule has 118 valence electrons. The third-order valence-electron chi connectivity index (χ3n) is 2.89. The molecule has 1 aromatic rings. The summed E-state index contributed by atoms with van der Waals surface area (Å²) < 4.78 is 11.5. The molecule has 0 spiro atoms. The molecule has 1 aromatic heterocycles. The molecule has 1 rings (SSSR count). The van der Waals surface area contributed by atoms with Crippen LogP contribution in [0.4, 0.5) is 0 Å². The maximum atomic E-state index is 11.8. The van der Waals surface area contributed by atoms with E-state index in [1.165, 1.54) is 6.20 Å². The number of aryl methyl sites for hydroxylation is 1. The number of carbonyl (C=O) groups is 2. The Hall–Kier alpha value is -1.89. The number of ether oxygens (including phenoxy) is 2. The van der Waals surface area contributed by atoms with Crippen LogP contribution in [0.5, 0.6) is 0 Å². The van der Waals surface area contributed by atoms with E-state index in [0.29, 0.717) is 44.7 Å². The molecule has 7 nitrogen and oxygen atoms in total. The number of rotatable bonds is 9. The van der Waals surface area contributed by atoms with Gasteiger partial charge in [0.15, 0.2) is 0 Å². The number of nitrogens with zero attached hydrogens (tertiary/aromatic N) is 2. The average Bonchev–Trinajstić information content (AvgIpc) is 2.80. The molecule has 21 heavy (non-hydrogen) atoms. The minimum atomic E-state index is -0.367. The van der Waals surface area contributed by atoms with Crippen molar-refractivity contribution in [2.45, 2.75) is 33.2 Å². The fourth-order valence-electron chi connectivity index (χ4n) is 1.85. The highest BCUT2D eigenvalue weighted by molar-refractivity contribution is 5.90. The molecule has 0 unspecified atom stereocenters. The van der Waals surface area contributed by atoms with Gasteiger partial charge in [0.25, 0.3) is 0 Å². The van der Waals surface area contributed by atoms with Gasteiger partial charge < -0.3 is 14.8 Å². The number of hydrogen-bond donors (Lipinski definition) is 1. The quantitative estimate of drug-likeness (QED) is 0.541. The van der Waals surface area contributed by atoms with Gasteiger partial charge >= 0.3 is 11.9 Å². The van der Waals surface area contributed by atoms with Crippen LogP contribution in [-0.2, 0) is 27.9 Å². The van der Waals surface area contributed by atoms with Crippen molar-refractivity contribution in [3.05, 3.63) is 17.5 Å². The van der Waals surface area contributed by atoms with Crippen molar-refractivity contribution >= 4 is 11.9 Å². The Bertz CT molecular complexity index is 471. The van der Waals surface area contributed by atoms with Gasteiger partial charge in [0.05, 0.1) is 25.1 Å². The van der Waals surface area contributed by atoms with Crippen LogP contribution in [0, 0.1) is 0 Å². The van der Waals surface area contributed by atoms with E-state index < -0.39 is 0 Å². The lowest BCUT2D eigenvalue weighted by Crippen LogP contribution is -2.20. The van der Waals surface area contributed by atoms with Crippen molar-refractivity contribution in [3.8, 4) is 0 Å². The van der Waals surface area contributed by atoms with E-state index in [0.717, 1.165) is 5.69 Å². The molecule has 0 amide bonds. The Labute approximate surface area is 124 Å². The topological polar surface area (TPSA) is 82.4 Å². The van der Waals surface area contributed by atoms with Crippen LogP contribution in [0.2, 0.25) is 0 Å². The highest BCUT2D eigenvalue weighted by Gasteiger charge is 2.16. The molecule has 0 aliphatic rings. The van der Waals surface area contributed by atoms with Crippen LogP contribution in [0.3, 0.4) is 0 Å². The van der Waals surface area contributed by atoms with Crippen LogP contribution in [0.25, 0.3) is 0 Å². The summed E-state index contributed by atoms with van der Waals surface area (Å²) in [6.07, 6.45) is 2.58. The molecule has 0 radical (unpaired) electrons. The van der Waals surface area contributed by atoms with Crippen LogP contribution < -0.4 is 5.32 Å². The smallest absolute Gasteiger partial charge is 0.341 e. The number of aromatic nitrogens is 2. The molecule has 0 saturated carbocycles. The molecule has 0 aromatic carbocycles. The standard InChI is InChI=1S/C14H23N3O4/c1-4-20-13(18)7-6-8-15-10-12-11(9-16-17(12)3)14(19)21-5-2/h9,15H,4-8,10H2,1-3H3. The predicted molar refractivity (Wildman–Crippen MR) is 76.7 cm³/mol. The molecule has 0 atom stereocenters. The molecule has 1 N–H and O–H groups in total. The summed E-state index contributed by atoms with van der Waals surface area (Å²) in [5, 5.41) is 7.26. The van der Waals surface area contributed by atoms with Gasteiger partial charge in [-0.15, -0.1) is 0 Å². The molecule has 0 bridgehead atoms. The first kappa shape index (κ1) is 17.2. The van der Waals surface area contributed by atoms with E-state index in [-0.39, 0.29) is 11.9 Å². The first-order chi connectivity index (χ1) is 10.1. The minimum Gasteiger partial charge on any atom is -0.466 e. The summed E-state index contributed by atoms with van der Waals surface area (Å²) in [7, 11) is 1.78. The summed E-state index contributed by atoms with van der Waals surface area (Å²) in [6, 6.07) is 0. The Kier molecular flexibility index (Phi) is 7.45. The zero-order valence-corrected chi connectivity index (χ0v) is 12.8. The third-order valence-corrected chi connectivity index (χ3v) is 2.89. The zero-order chi connectivity index (χ0) is 15.7. The van der Waals surface area contributed by atoms with Gasteiger partial charge in [-0.1, -0.05) is 0 Å². The molecular weight excluding hydrogens is 274 g/mol. The van der Waals surface area contributed by atoms with Gasteiger partial charge in [-0.3, -0.25) is 9.48 Å². The normalized spacial score (nSPS) is 10.4. The Morgan fingerprint density at radius 3 is 2.67 bits per heavy atom. The summed E-state index contributed by atoms with van der Waals surface area (Å²) in [5.74, 6) is -0.555. The minimum absolute atomic E-state index is 0.188. The lowest BCUT2D eigenvalue weighted by atomic mass is 10.2. The summed E-state index contributed by atoms with van der Waals surface area (Å²) in [5.41, 5.74) is 1.24. The average molecular weight is 297 g/mol. The molecule has 0 fully saturated rings. The maximum absolute atomic E-state index is 11.8. The number of hydrogen-bond acceptors (Lipinski definition) is 6. The summed E-state index contributed by atoms with van der Waals surface area (Å²) >= 11 is 0. The monoisotopic (exact) mass is 297 g/mol. The highest BCUT2D eigenvalue weighted by Crippen LogP contribution is 2.09. The van der Waals surface area contributed by atoms with Gasteiger partial charge in [-0.25, -0.2) is 4.79 Å². The van der Waals surface area contributed by atoms with E-state index in [1.807, 2.05) is 0 Å². The molecule has 0 aliphatic heterocycles. The van der Waals surface area contributed by atoms with Crippen molar-refractivity contribution in [3.63, 3.8) is 0 Å². The zero-order valence-electron chi connectivity index (χ0n) is 12.8. The van der Waals surface area contributed by atoms with Gasteiger partial charge in [-0.2, -0.15) is 5.10 Å². The summed E-state index contributed by atoms with van der Waals surface area (Å²) in [6.45, 7) is 5.45. The van der Waals surface area contributed by atoms with Gasteiger partial charge in [0.2, 0.25) is 0 Å². The van der Waals surface area contributed by atoms with E-state index >= 15 is 0 Å².